The van der Waals surface area contributed by atoms with Gasteiger partial charge in [-0.25, -0.2) is 0 Å². The lowest BCUT2D eigenvalue weighted by Gasteiger charge is -2.42. The van der Waals surface area contributed by atoms with E-state index < -0.39 is 0 Å². The second-order valence-corrected chi connectivity index (χ2v) is 6.03. The first-order chi connectivity index (χ1) is 6.35. The van der Waals surface area contributed by atoms with Gasteiger partial charge in [0.05, 0.1) is 18.0 Å². The second-order valence-electron chi connectivity index (χ2n) is 4.26. The average molecular weight is 201 g/mol. The summed E-state index contributed by atoms with van der Waals surface area (Å²) >= 11 is 2.10. The lowest BCUT2D eigenvalue weighted by atomic mass is 10.0. The topological polar surface area (TPSA) is 35.2 Å². The van der Waals surface area contributed by atoms with Crippen molar-refractivity contribution in [1.82, 2.24) is 0 Å². The van der Waals surface area contributed by atoms with Crippen molar-refractivity contribution < 1.29 is 4.74 Å². The third-order valence-corrected chi connectivity index (χ3v) is 4.78. The quantitative estimate of drug-likeness (QED) is 0.756. The minimum Gasteiger partial charge on any atom is -0.378 e. The van der Waals surface area contributed by atoms with Crippen LogP contribution in [0.1, 0.15) is 32.1 Å². The maximum Gasteiger partial charge on any atom is 0.0750 e. The number of nitrogens with two attached hydrogens (primary N) is 1. The van der Waals surface area contributed by atoms with Gasteiger partial charge in [-0.1, -0.05) is 19.3 Å². The minimum absolute atomic E-state index is 0.294. The van der Waals surface area contributed by atoms with Gasteiger partial charge < -0.3 is 10.5 Å². The summed E-state index contributed by atoms with van der Waals surface area (Å²) in [5.41, 5.74) is 5.79. The van der Waals surface area contributed by atoms with Gasteiger partial charge in [-0.3, -0.25) is 0 Å². The molecule has 76 valence electrons. The van der Waals surface area contributed by atoms with E-state index in [0.29, 0.717) is 4.75 Å². The first-order valence-electron chi connectivity index (χ1n) is 5.30. The van der Waals surface area contributed by atoms with Crippen LogP contribution in [0.2, 0.25) is 0 Å². The predicted molar refractivity (Wildman–Crippen MR) is 57.1 cm³/mol. The highest BCUT2D eigenvalue weighted by molar-refractivity contribution is 8.01. The van der Waals surface area contributed by atoms with Gasteiger partial charge in [0.25, 0.3) is 0 Å². The molecule has 1 aliphatic carbocycles. The number of hydrogen-bond donors (Lipinski definition) is 1. The lowest BCUT2D eigenvalue weighted by molar-refractivity contribution is -0.00472. The summed E-state index contributed by atoms with van der Waals surface area (Å²) in [6.45, 7) is 2.55. The fourth-order valence-electron chi connectivity index (χ4n) is 2.10. The Morgan fingerprint density at radius 1 is 1.23 bits per heavy atom. The summed E-state index contributed by atoms with van der Waals surface area (Å²) in [5.74, 6) is 0. The molecule has 2 nitrogen and oxygen atoms in total. The smallest absolute Gasteiger partial charge is 0.0750 e. The van der Waals surface area contributed by atoms with Crippen LogP contribution in [0.3, 0.4) is 0 Å². The van der Waals surface area contributed by atoms with Crippen LogP contribution < -0.4 is 5.73 Å². The molecule has 13 heavy (non-hydrogen) atoms. The van der Waals surface area contributed by atoms with Crippen molar-refractivity contribution in [2.75, 3.05) is 19.8 Å². The molecular formula is C10H19NOS. The van der Waals surface area contributed by atoms with Crippen LogP contribution in [0, 0.1) is 0 Å². The zero-order valence-corrected chi connectivity index (χ0v) is 8.94. The molecule has 1 heterocycles. The van der Waals surface area contributed by atoms with E-state index in [1.807, 2.05) is 0 Å². The molecule has 0 radical (unpaired) electrons. The largest absolute Gasteiger partial charge is 0.378 e. The molecule has 2 rings (SSSR count). The van der Waals surface area contributed by atoms with Crippen LogP contribution in [0.25, 0.3) is 0 Å². The molecule has 0 unspecified atom stereocenters. The summed E-state index contributed by atoms with van der Waals surface area (Å²) in [5, 5.41) is 0.862. The Balaban J connectivity index is 1.81. The number of thioether (sulfide) groups is 1. The first-order valence-corrected chi connectivity index (χ1v) is 6.18. The summed E-state index contributed by atoms with van der Waals surface area (Å²) in [7, 11) is 0. The van der Waals surface area contributed by atoms with Crippen LogP contribution in [0.5, 0.6) is 0 Å². The molecule has 0 aromatic carbocycles. The molecular weight excluding hydrogens is 182 g/mol. The van der Waals surface area contributed by atoms with Crippen molar-refractivity contribution in [3.8, 4) is 0 Å². The monoisotopic (exact) mass is 201 g/mol. The highest BCUT2D eigenvalue weighted by Crippen LogP contribution is 2.40. The Kier molecular flexibility index (Phi) is 3.17. The van der Waals surface area contributed by atoms with E-state index in [9.17, 15) is 0 Å². The molecule has 0 aromatic rings. The van der Waals surface area contributed by atoms with Gasteiger partial charge in [-0.05, 0) is 12.8 Å². The normalized spacial score (nSPS) is 28.4. The molecule has 2 fully saturated rings. The van der Waals surface area contributed by atoms with E-state index in [4.69, 9.17) is 10.5 Å². The maximum atomic E-state index is 5.79. The number of rotatable bonds is 3. The Hall–Kier alpha value is 0.270. The van der Waals surface area contributed by atoms with Crippen LogP contribution in [-0.4, -0.2) is 29.8 Å². The number of hydrogen-bond acceptors (Lipinski definition) is 3. The molecule has 1 aliphatic heterocycles. The second kappa shape index (κ2) is 4.20. The van der Waals surface area contributed by atoms with Gasteiger partial charge in [0, 0.05) is 11.8 Å². The Bertz CT molecular complexity index is 159. The van der Waals surface area contributed by atoms with Crippen molar-refractivity contribution in [1.29, 1.82) is 0 Å². The van der Waals surface area contributed by atoms with Crippen molar-refractivity contribution >= 4 is 11.8 Å². The Labute approximate surface area is 84.6 Å². The maximum absolute atomic E-state index is 5.79. The van der Waals surface area contributed by atoms with Crippen molar-refractivity contribution in [2.24, 2.45) is 5.73 Å². The summed E-state index contributed by atoms with van der Waals surface area (Å²) in [6.07, 6.45) is 7.06. The average Bonchev–Trinajstić information content (AvgIpc) is 2.13. The summed E-state index contributed by atoms with van der Waals surface area (Å²) < 4.78 is 5.56. The lowest BCUT2D eigenvalue weighted by Crippen LogP contribution is -2.53. The number of ether oxygens (including phenoxy) is 1. The van der Waals surface area contributed by atoms with E-state index in [-0.39, 0.29) is 0 Å². The van der Waals surface area contributed by atoms with Crippen LogP contribution >= 0.6 is 11.8 Å². The van der Waals surface area contributed by atoms with Crippen LogP contribution in [-0.2, 0) is 4.74 Å². The predicted octanol–water partition coefficient (Wildman–Crippen LogP) is 1.78. The van der Waals surface area contributed by atoms with E-state index in [0.717, 1.165) is 25.0 Å². The van der Waals surface area contributed by atoms with Crippen molar-refractivity contribution in [3.05, 3.63) is 0 Å². The van der Waals surface area contributed by atoms with Gasteiger partial charge in [-0.15, -0.1) is 11.8 Å². The van der Waals surface area contributed by atoms with Gasteiger partial charge in [0.2, 0.25) is 0 Å². The van der Waals surface area contributed by atoms with Crippen molar-refractivity contribution in [3.63, 3.8) is 0 Å². The highest BCUT2D eigenvalue weighted by atomic mass is 32.2. The van der Waals surface area contributed by atoms with E-state index in [2.05, 4.69) is 11.8 Å². The SMILES string of the molecule is NCC1(SC2CCCCC2)COC1. The van der Waals surface area contributed by atoms with Gasteiger partial charge in [0.1, 0.15) is 0 Å². The molecule has 2 N–H and O–H groups in total. The molecule has 0 spiro atoms. The fraction of sp³-hybridized carbons (Fsp3) is 1.00. The summed E-state index contributed by atoms with van der Waals surface area (Å²) in [6, 6.07) is 0. The van der Waals surface area contributed by atoms with Gasteiger partial charge in [0.15, 0.2) is 0 Å². The highest BCUT2D eigenvalue weighted by Gasteiger charge is 2.40. The van der Waals surface area contributed by atoms with Gasteiger partial charge in [-0.2, -0.15) is 0 Å². The standard InChI is InChI=1S/C10H19NOS/c11-6-10(7-12-8-10)13-9-4-2-1-3-5-9/h9H,1-8,11H2. The van der Waals surface area contributed by atoms with Gasteiger partial charge >= 0.3 is 0 Å². The van der Waals surface area contributed by atoms with Crippen LogP contribution in [0.15, 0.2) is 0 Å². The Morgan fingerprint density at radius 3 is 2.38 bits per heavy atom. The molecule has 1 saturated heterocycles. The van der Waals surface area contributed by atoms with Crippen molar-refractivity contribution in [2.45, 2.75) is 42.1 Å². The molecule has 3 heteroatoms. The molecule has 1 saturated carbocycles. The molecule has 2 aliphatic rings. The van der Waals surface area contributed by atoms with Crippen LogP contribution in [0.4, 0.5) is 0 Å². The van der Waals surface area contributed by atoms with E-state index >= 15 is 0 Å². The first kappa shape index (κ1) is 9.81. The fourth-order valence-corrected chi connectivity index (χ4v) is 3.78. The molecule has 0 atom stereocenters. The molecule has 0 bridgehead atoms. The Morgan fingerprint density at radius 2 is 1.92 bits per heavy atom. The summed E-state index contributed by atoms with van der Waals surface area (Å²) in [4.78, 5) is 0. The molecule has 0 amide bonds. The zero-order valence-electron chi connectivity index (χ0n) is 8.13. The third-order valence-electron chi connectivity index (χ3n) is 3.07. The molecule has 0 aromatic heterocycles. The minimum atomic E-state index is 0.294. The van der Waals surface area contributed by atoms with E-state index in [1.54, 1.807) is 0 Å². The van der Waals surface area contributed by atoms with E-state index in [1.165, 1.54) is 32.1 Å². The zero-order chi connectivity index (χ0) is 9.15. The third kappa shape index (κ3) is 2.20.